The highest BCUT2D eigenvalue weighted by Crippen LogP contribution is 2.26. The van der Waals surface area contributed by atoms with E-state index in [2.05, 4.69) is 5.32 Å². The summed E-state index contributed by atoms with van der Waals surface area (Å²) in [4.78, 5) is 27.4. The van der Waals surface area contributed by atoms with Gasteiger partial charge in [-0.3, -0.25) is 14.3 Å². The minimum Gasteiger partial charge on any atom is -0.320 e. The number of rotatable bonds is 7. The van der Waals surface area contributed by atoms with E-state index in [4.69, 9.17) is 23.2 Å². The van der Waals surface area contributed by atoms with Crippen molar-refractivity contribution in [1.82, 2.24) is 14.3 Å². The second-order valence-electron chi connectivity index (χ2n) is 7.19. The van der Waals surface area contributed by atoms with Gasteiger partial charge in [-0.2, -0.15) is 0 Å². The van der Waals surface area contributed by atoms with Crippen LogP contribution >= 0.6 is 23.2 Å². The number of nitrogens with one attached hydrogen (secondary N) is 1. The molecule has 158 valence electrons. The van der Waals surface area contributed by atoms with Crippen LogP contribution in [-0.4, -0.2) is 33.8 Å². The van der Waals surface area contributed by atoms with Gasteiger partial charge in [-0.1, -0.05) is 53.5 Å². The van der Waals surface area contributed by atoms with Crippen LogP contribution in [0, 0.1) is 6.92 Å². The Bertz CT molecular complexity index is 1110. The van der Waals surface area contributed by atoms with Crippen molar-refractivity contribution in [2.75, 3.05) is 18.9 Å². The third-order valence-corrected chi connectivity index (χ3v) is 5.87. The molecule has 0 saturated carbocycles. The van der Waals surface area contributed by atoms with Gasteiger partial charge < -0.3 is 10.2 Å². The normalized spacial score (nSPS) is 11.1. The summed E-state index contributed by atoms with van der Waals surface area (Å²) < 4.78 is 3.28. The van der Waals surface area contributed by atoms with Crippen LogP contribution in [0.4, 0.5) is 5.69 Å². The summed E-state index contributed by atoms with van der Waals surface area (Å²) in [5, 5.41) is 3.82. The number of anilines is 1. The van der Waals surface area contributed by atoms with E-state index in [1.807, 2.05) is 61.3 Å². The summed E-state index contributed by atoms with van der Waals surface area (Å²) in [6.45, 7) is 2.88. The average Bonchev–Trinajstić information content (AvgIpc) is 2.94. The Balaban J connectivity index is 1.65. The SMILES string of the molecule is Cc1c(NC(=O)CCN(C)Cc2cccc(Cl)c2Cl)c(=O)n(-c2ccccc2)n1C. The molecule has 30 heavy (non-hydrogen) atoms. The summed E-state index contributed by atoms with van der Waals surface area (Å²) in [5.74, 6) is -0.218. The maximum Gasteiger partial charge on any atom is 0.295 e. The van der Waals surface area contributed by atoms with Crippen LogP contribution in [0.5, 0.6) is 0 Å². The predicted octanol–water partition coefficient (Wildman–Crippen LogP) is 4.25. The smallest absolute Gasteiger partial charge is 0.295 e. The first kappa shape index (κ1) is 22.2. The van der Waals surface area contributed by atoms with Crippen LogP contribution < -0.4 is 10.9 Å². The molecule has 0 unspecified atom stereocenters. The Hall–Kier alpha value is -2.54. The lowest BCUT2D eigenvalue weighted by molar-refractivity contribution is -0.116. The van der Waals surface area contributed by atoms with Crippen LogP contribution in [0.25, 0.3) is 5.69 Å². The van der Waals surface area contributed by atoms with Crippen molar-refractivity contribution in [2.45, 2.75) is 19.9 Å². The predicted molar refractivity (Wildman–Crippen MR) is 122 cm³/mol. The van der Waals surface area contributed by atoms with Gasteiger partial charge in [0.1, 0.15) is 5.69 Å². The molecule has 0 aliphatic heterocycles. The number of hydrogen-bond acceptors (Lipinski definition) is 3. The minimum atomic E-state index is -0.256. The second kappa shape index (κ2) is 9.51. The Kier molecular flexibility index (Phi) is 7.02. The molecule has 3 rings (SSSR count). The van der Waals surface area contributed by atoms with E-state index in [0.717, 1.165) is 11.3 Å². The second-order valence-corrected chi connectivity index (χ2v) is 7.97. The zero-order valence-electron chi connectivity index (χ0n) is 17.2. The molecule has 0 aliphatic rings. The van der Waals surface area contributed by atoms with Gasteiger partial charge in [-0.15, -0.1) is 0 Å². The number of halogens is 2. The Morgan fingerprint density at radius 2 is 1.80 bits per heavy atom. The molecule has 1 N–H and O–H groups in total. The highest BCUT2D eigenvalue weighted by Gasteiger charge is 2.18. The number of benzene rings is 2. The third-order valence-electron chi connectivity index (χ3n) is 5.01. The number of aromatic nitrogens is 2. The molecule has 0 bridgehead atoms. The van der Waals surface area contributed by atoms with Crippen LogP contribution in [0.15, 0.2) is 53.3 Å². The van der Waals surface area contributed by atoms with E-state index in [-0.39, 0.29) is 17.9 Å². The first-order valence-corrected chi connectivity index (χ1v) is 10.3. The summed E-state index contributed by atoms with van der Waals surface area (Å²) >= 11 is 12.3. The van der Waals surface area contributed by atoms with Crippen molar-refractivity contribution in [2.24, 2.45) is 7.05 Å². The summed E-state index contributed by atoms with van der Waals surface area (Å²) in [7, 11) is 3.70. The summed E-state index contributed by atoms with van der Waals surface area (Å²) in [6.07, 6.45) is 0.244. The van der Waals surface area contributed by atoms with Gasteiger partial charge >= 0.3 is 0 Å². The average molecular weight is 447 g/mol. The standard InChI is InChI=1S/C22H24Cl2N4O2/c1-15-21(22(30)28(27(15)3)17-9-5-4-6-10-17)25-19(29)12-13-26(2)14-16-8-7-11-18(23)20(16)24/h4-11H,12-14H2,1-3H3,(H,25,29). The number of carbonyl (C=O) groups excluding carboxylic acids is 1. The van der Waals surface area contributed by atoms with E-state index in [9.17, 15) is 9.59 Å². The van der Waals surface area contributed by atoms with Crippen molar-refractivity contribution < 1.29 is 4.79 Å². The molecule has 8 heteroatoms. The lowest BCUT2D eigenvalue weighted by Gasteiger charge is -2.17. The molecule has 0 atom stereocenters. The molecule has 0 spiro atoms. The minimum absolute atomic E-state index is 0.218. The van der Waals surface area contributed by atoms with Gasteiger partial charge in [0.25, 0.3) is 5.56 Å². The Morgan fingerprint density at radius 3 is 2.50 bits per heavy atom. The van der Waals surface area contributed by atoms with Crippen molar-refractivity contribution in [3.05, 3.63) is 80.2 Å². The van der Waals surface area contributed by atoms with E-state index in [1.54, 1.807) is 17.8 Å². The monoisotopic (exact) mass is 446 g/mol. The number of para-hydroxylation sites is 1. The van der Waals surface area contributed by atoms with Gasteiger partial charge in [-0.05, 0) is 37.7 Å². The molecular weight excluding hydrogens is 423 g/mol. The Labute approximate surface area is 185 Å². The van der Waals surface area contributed by atoms with Gasteiger partial charge in [0, 0.05) is 26.6 Å². The van der Waals surface area contributed by atoms with Gasteiger partial charge in [0.2, 0.25) is 5.91 Å². The van der Waals surface area contributed by atoms with Crippen LogP contribution in [0.3, 0.4) is 0 Å². The van der Waals surface area contributed by atoms with Crippen LogP contribution in [-0.2, 0) is 18.4 Å². The fourth-order valence-electron chi connectivity index (χ4n) is 3.25. The molecule has 0 aliphatic carbocycles. The van der Waals surface area contributed by atoms with Crippen molar-refractivity contribution in [1.29, 1.82) is 0 Å². The fraction of sp³-hybridized carbons (Fsp3) is 0.273. The lowest BCUT2D eigenvalue weighted by atomic mass is 10.2. The molecule has 2 aromatic carbocycles. The molecule has 0 saturated heterocycles. The molecule has 6 nitrogen and oxygen atoms in total. The topological polar surface area (TPSA) is 59.3 Å². The highest BCUT2D eigenvalue weighted by atomic mass is 35.5. The molecule has 1 aromatic heterocycles. The number of hydrogen-bond donors (Lipinski definition) is 1. The van der Waals surface area contributed by atoms with E-state index in [0.29, 0.717) is 34.5 Å². The van der Waals surface area contributed by atoms with Gasteiger partial charge in [0.15, 0.2) is 0 Å². The largest absolute Gasteiger partial charge is 0.320 e. The van der Waals surface area contributed by atoms with Crippen LogP contribution in [0.2, 0.25) is 10.0 Å². The van der Waals surface area contributed by atoms with Crippen molar-refractivity contribution in [3.8, 4) is 5.69 Å². The summed E-state index contributed by atoms with van der Waals surface area (Å²) in [5.41, 5.74) is 2.38. The highest BCUT2D eigenvalue weighted by molar-refractivity contribution is 6.42. The van der Waals surface area contributed by atoms with E-state index in [1.165, 1.54) is 4.68 Å². The molecule has 0 fully saturated rings. The van der Waals surface area contributed by atoms with Crippen LogP contribution in [0.1, 0.15) is 17.7 Å². The first-order chi connectivity index (χ1) is 14.3. The zero-order chi connectivity index (χ0) is 21.8. The van der Waals surface area contributed by atoms with Crippen molar-refractivity contribution >= 4 is 34.8 Å². The summed E-state index contributed by atoms with van der Waals surface area (Å²) in [6, 6.07) is 14.8. The zero-order valence-corrected chi connectivity index (χ0v) is 18.7. The molecule has 3 aromatic rings. The van der Waals surface area contributed by atoms with Gasteiger partial charge in [0.05, 0.1) is 21.4 Å². The molecule has 1 amide bonds. The molecule has 1 heterocycles. The number of amides is 1. The van der Waals surface area contributed by atoms with E-state index < -0.39 is 0 Å². The first-order valence-electron chi connectivity index (χ1n) is 9.55. The maximum absolute atomic E-state index is 12.9. The van der Waals surface area contributed by atoms with Gasteiger partial charge in [-0.25, -0.2) is 4.68 Å². The lowest BCUT2D eigenvalue weighted by Crippen LogP contribution is -2.26. The quantitative estimate of drug-likeness (QED) is 0.589. The number of nitrogens with zero attached hydrogens (tertiary/aromatic N) is 3. The molecular formula is C22H24Cl2N4O2. The maximum atomic E-state index is 12.9. The third kappa shape index (κ3) is 4.78. The number of carbonyl (C=O) groups is 1. The van der Waals surface area contributed by atoms with Crippen molar-refractivity contribution in [3.63, 3.8) is 0 Å². The molecule has 0 radical (unpaired) electrons. The van der Waals surface area contributed by atoms with E-state index >= 15 is 0 Å². The fourth-order valence-corrected chi connectivity index (χ4v) is 3.63. The Morgan fingerprint density at radius 1 is 1.10 bits per heavy atom.